The second-order valence-corrected chi connectivity index (χ2v) is 2.77. The van der Waals surface area contributed by atoms with Crippen molar-refractivity contribution in [2.45, 2.75) is 19.4 Å². The molecule has 0 bridgehead atoms. The summed E-state index contributed by atoms with van der Waals surface area (Å²) in [7, 11) is 0. The predicted octanol–water partition coefficient (Wildman–Crippen LogP) is -0.259. The predicted molar refractivity (Wildman–Crippen MR) is 41.4 cm³/mol. The van der Waals surface area contributed by atoms with Crippen molar-refractivity contribution in [1.29, 1.82) is 0 Å². The fourth-order valence-electron chi connectivity index (χ4n) is 0.850. The SMILES string of the molecule is CCOC(=O)C1=CC(C)(O)C(=O)O1. The lowest BCUT2D eigenvalue weighted by atomic mass is 10.1. The summed E-state index contributed by atoms with van der Waals surface area (Å²) in [5.74, 6) is -1.86. The van der Waals surface area contributed by atoms with E-state index in [1.807, 2.05) is 0 Å². The van der Waals surface area contributed by atoms with Gasteiger partial charge in [0.15, 0.2) is 5.60 Å². The Morgan fingerprint density at radius 1 is 1.77 bits per heavy atom. The summed E-state index contributed by atoms with van der Waals surface area (Å²) < 4.78 is 9.06. The van der Waals surface area contributed by atoms with E-state index in [-0.39, 0.29) is 12.4 Å². The molecule has 1 heterocycles. The third-order valence-electron chi connectivity index (χ3n) is 1.50. The molecule has 1 unspecified atom stereocenters. The van der Waals surface area contributed by atoms with Crippen LogP contribution in [0.1, 0.15) is 13.8 Å². The largest absolute Gasteiger partial charge is 0.460 e. The Bertz CT molecular complexity index is 276. The molecule has 1 rings (SSSR count). The number of rotatable bonds is 2. The fourth-order valence-corrected chi connectivity index (χ4v) is 0.850. The maximum atomic E-state index is 11.0. The van der Waals surface area contributed by atoms with Crippen LogP contribution in [0.3, 0.4) is 0 Å². The van der Waals surface area contributed by atoms with Gasteiger partial charge in [0.25, 0.3) is 0 Å². The molecule has 1 aliphatic rings. The molecule has 1 aliphatic heterocycles. The monoisotopic (exact) mass is 186 g/mol. The maximum Gasteiger partial charge on any atom is 0.374 e. The van der Waals surface area contributed by atoms with E-state index < -0.39 is 17.5 Å². The van der Waals surface area contributed by atoms with Crippen LogP contribution < -0.4 is 0 Å². The van der Waals surface area contributed by atoms with Crippen molar-refractivity contribution < 1.29 is 24.2 Å². The molecule has 0 saturated carbocycles. The molecule has 72 valence electrons. The Morgan fingerprint density at radius 2 is 2.38 bits per heavy atom. The van der Waals surface area contributed by atoms with E-state index in [9.17, 15) is 14.7 Å². The third kappa shape index (κ3) is 1.86. The van der Waals surface area contributed by atoms with Gasteiger partial charge in [-0.3, -0.25) is 0 Å². The quantitative estimate of drug-likeness (QED) is 0.601. The van der Waals surface area contributed by atoms with Gasteiger partial charge in [-0.15, -0.1) is 0 Å². The number of ether oxygens (including phenoxy) is 2. The number of carbonyl (C=O) groups excluding carboxylic acids is 2. The summed E-state index contributed by atoms with van der Waals surface area (Å²) in [6.07, 6.45) is 1.04. The first-order chi connectivity index (χ1) is 5.97. The smallest absolute Gasteiger partial charge is 0.374 e. The fraction of sp³-hybridized carbons (Fsp3) is 0.500. The van der Waals surface area contributed by atoms with Gasteiger partial charge in [0.2, 0.25) is 5.76 Å². The minimum Gasteiger partial charge on any atom is -0.460 e. The Labute approximate surface area is 74.9 Å². The van der Waals surface area contributed by atoms with Gasteiger partial charge < -0.3 is 14.6 Å². The van der Waals surface area contributed by atoms with Gasteiger partial charge in [0.1, 0.15) is 0 Å². The van der Waals surface area contributed by atoms with Gasteiger partial charge in [0, 0.05) is 6.08 Å². The zero-order chi connectivity index (χ0) is 10.1. The van der Waals surface area contributed by atoms with Crippen molar-refractivity contribution in [2.75, 3.05) is 6.61 Å². The van der Waals surface area contributed by atoms with Crippen molar-refractivity contribution in [3.8, 4) is 0 Å². The average Bonchev–Trinajstić information content (AvgIpc) is 2.27. The molecule has 0 radical (unpaired) electrons. The van der Waals surface area contributed by atoms with Gasteiger partial charge in [-0.1, -0.05) is 0 Å². The molecular weight excluding hydrogens is 176 g/mol. The molecule has 0 aromatic heterocycles. The van der Waals surface area contributed by atoms with Crippen LogP contribution in [0.25, 0.3) is 0 Å². The number of carbonyl (C=O) groups is 2. The van der Waals surface area contributed by atoms with E-state index >= 15 is 0 Å². The molecule has 0 aromatic rings. The summed E-state index contributed by atoms with van der Waals surface area (Å²) in [5.41, 5.74) is -1.72. The zero-order valence-corrected chi connectivity index (χ0v) is 7.36. The highest BCUT2D eigenvalue weighted by Crippen LogP contribution is 2.22. The first kappa shape index (κ1) is 9.73. The molecule has 5 nitrogen and oxygen atoms in total. The van der Waals surface area contributed by atoms with Crippen LogP contribution in [-0.2, 0) is 19.1 Å². The minimum absolute atomic E-state index is 0.190. The third-order valence-corrected chi connectivity index (χ3v) is 1.50. The first-order valence-electron chi connectivity index (χ1n) is 3.82. The molecule has 0 aliphatic carbocycles. The van der Waals surface area contributed by atoms with Crippen LogP contribution in [0.2, 0.25) is 0 Å². The summed E-state index contributed by atoms with van der Waals surface area (Å²) >= 11 is 0. The lowest BCUT2D eigenvalue weighted by molar-refractivity contribution is -0.155. The maximum absolute atomic E-state index is 11.0. The Morgan fingerprint density at radius 3 is 2.77 bits per heavy atom. The van der Waals surface area contributed by atoms with Crippen molar-refractivity contribution in [3.05, 3.63) is 11.8 Å². The summed E-state index contributed by atoms with van der Waals surface area (Å²) in [6, 6.07) is 0. The standard InChI is InChI=1S/C8H10O5/c1-3-12-6(9)5-4-8(2,11)7(10)13-5/h4,11H,3H2,1-2H3. The number of hydrogen-bond acceptors (Lipinski definition) is 5. The highest BCUT2D eigenvalue weighted by Gasteiger charge is 2.40. The van der Waals surface area contributed by atoms with Crippen LogP contribution in [0, 0.1) is 0 Å². The topological polar surface area (TPSA) is 72.8 Å². The number of hydrogen-bond donors (Lipinski definition) is 1. The number of cyclic esters (lactones) is 1. The van der Waals surface area contributed by atoms with E-state index in [0.29, 0.717) is 0 Å². The van der Waals surface area contributed by atoms with Crippen LogP contribution >= 0.6 is 0 Å². The van der Waals surface area contributed by atoms with Crippen molar-refractivity contribution in [3.63, 3.8) is 0 Å². The normalized spacial score (nSPS) is 26.7. The van der Waals surface area contributed by atoms with Gasteiger partial charge in [-0.2, -0.15) is 0 Å². The summed E-state index contributed by atoms with van der Waals surface area (Å²) in [6.45, 7) is 3.06. The lowest BCUT2D eigenvalue weighted by Gasteiger charge is -2.06. The van der Waals surface area contributed by atoms with E-state index in [0.717, 1.165) is 6.08 Å². The second kappa shape index (κ2) is 3.18. The molecule has 5 heteroatoms. The van der Waals surface area contributed by atoms with Crippen LogP contribution in [0.5, 0.6) is 0 Å². The Hall–Kier alpha value is -1.36. The average molecular weight is 186 g/mol. The molecule has 0 spiro atoms. The van der Waals surface area contributed by atoms with E-state index in [4.69, 9.17) is 0 Å². The summed E-state index contributed by atoms with van der Waals surface area (Å²) in [4.78, 5) is 21.9. The van der Waals surface area contributed by atoms with Gasteiger partial charge in [-0.05, 0) is 13.8 Å². The van der Waals surface area contributed by atoms with E-state index in [1.165, 1.54) is 6.92 Å². The molecule has 0 aromatic carbocycles. The van der Waals surface area contributed by atoms with Gasteiger partial charge >= 0.3 is 11.9 Å². The molecule has 0 saturated heterocycles. The van der Waals surface area contributed by atoms with Gasteiger partial charge in [-0.25, -0.2) is 9.59 Å². The van der Waals surface area contributed by atoms with Crippen molar-refractivity contribution in [2.24, 2.45) is 0 Å². The zero-order valence-electron chi connectivity index (χ0n) is 7.36. The molecule has 0 amide bonds. The minimum atomic E-state index is -1.72. The number of aliphatic hydroxyl groups is 1. The lowest BCUT2D eigenvalue weighted by Crippen LogP contribution is -2.29. The molecule has 0 fully saturated rings. The van der Waals surface area contributed by atoms with Crippen LogP contribution in [0.15, 0.2) is 11.8 Å². The van der Waals surface area contributed by atoms with Crippen molar-refractivity contribution in [1.82, 2.24) is 0 Å². The van der Waals surface area contributed by atoms with E-state index in [2.05, 4.69) is 9.47 Å². The second-order valence-electron chi connectivity index (χ2n) is 2.77. The Kier molecular flexibility index (Phi) is 2.38. The highest BCUT2D eigenvalue weighted by atomic mass is 16.6. The molecule has 1 N–H and O–H groups in total. The molecule has 13 heavy (non-hydrogen) atoms. The van der Waals surface area contributed by atoms with Crippen LogP contribution in [-0.4, -0.2) is 29.3 Å². The number of esters is 2. The Balaban J connectivity index is 2.75. The van der Waals surface area contributed by atoms with Crippen LogP contribution in [0.4, 0.5) is 0 Å². The molecular formula is C8H10O5. The van der Waals surface area contributed by atoms with Gasteiger partial charge in [0.05, 0.1) is 6.61 Å². The summed E-state index contributed by atoms with van der Waals surface area (Å²) in [5, 5.41) is 9.29. The van der Waals surface area contributed by atoms with Crippen molar-refractivity contribution >= 4 is 11.9 Å². The highest BCUT2D eigenvalue weighted by molar-refractivity contribution is 5.96. The molecule has 1 atom stereocenters. The van der Waals surface area contributed by atoms with E-state index in [1.54, 1.807) is 6.92 Å². The first-order valence-corrected chi connectivity index (χ1v) is 3.82.